The third-order valence-corrected chi connectivity index (χ3v) is 2.05. The highest BCUT2D eigenvalue weighted by Gasteiger charge is 2.17. The minimum absolute atomic E-state index is 0.302. The maximum Gasteiger partial charge on any atom is 0.338 e. The molecule has 0 atom stereocenters. The Labute approximate surface area is 95.2 Å². The molecule has 0 N–H and O–H groups in total. The van der Waals surface area contributed by atoms with Gasteiger partial charge in [-0.2, -0.15) is 0 Å². The summed E-state index contributed by atoms with van der Waals surface area (Å²) < 4.78 is 5.23. The highest BCUT2D eigenvalue weighted by molar-refractivity contribution is 6.17. The van der Waals surface area contributed by atoms with Gasteiger partial charge >= 0.3 is 5.97 Å². The molecular formula is C12H15ClO2. The van der Waals surface area contributed by atoms with Crippen molar-refractivity contribution in [2.45, 2.75) is 32.3 Å². The number of halogens is 1. The van der Waals surface area contributed by atoms with Gasteiger partial charge in [-0.3, -0.25) is 0 Å². The lowest BCUT2D eigenvalue weighted by Crippen LogP contribution is -2.23. The van der Waals surface area contributed by atoms with Gasteiger partial charge in [0.1, 0.15) is 5.60 Å². The summed E-state index contributed by atoms with van der Waals surface area (Å²) >= 11 is 5.65. The Balaban J connectivity index is 2.75. The van der Waals surface area contributed by atoms with E-state index in [9.17, 15) is 4.79 Å². The summed E-state index contributed by atoms with van der Waals surface area (Å²) in [7, 11) is 0. The Bertz CT molecular complexity index is 336. The molecule has 0 bridgehead atoms. The minimum atomic E-state index is -0.456. The van der Waals surface area contributed by atoms with Crippen LogP contribution in [-0.2, 0) is 10.6 Å². The summed E-state index contributed by atoms with van der Waals surface area (Å²) in [5, 5.41) is 0. The Kier molecular flexibility index (Phi) is 3.75. The normalized spacial score (nSPS) is 11.2. The van der Waals surface area contributed by atoms with Gasteiger partial charge in [-0.15, -0.1) is 11.6 Å². The molecule has 1 aromatic rings. The number of ether oxygens (including phenoxy) is 1. The molecule has 0 saturated heterocycles. The van der Waals surface area contributed by atoms with E-state index in [2.05, 4.69) is 0 Å². The molecule has 82 valence electrons. The molecule has 0 aliphatic heterocycles. The van der Waals surface area contributed by atoms with Crippen molar-refractivity contribution >= 4 is 17.6 Å². The van der Waals surface area contributed by atoms with Crippen molar-refractivity contribution in [2.75, 3.05) is 0 Å². The first-order valence-electron chi connectivity index (χ1n) is 4.80. The van der Waals surface area contributed by atoms with Gasteiger partial charge in [0.15, 0.2) is 0 Å². The molecule has 0 spiro atoms. The Morgan fingerprint density at radius 1 is 1.27 bits per heavy atom. The average Bonchev–Trinajstić information content (AvgIpc) is 2.15. The number of hydrogen-bond acceptors (Lipinski definition) is 2. The largest absolute Gasteiger partial charge is 0.456 e. The number of esters is 1. The lowest BCUT2D eigenvalue weighted by atomic mass is 10.1. The second-order valence-electron chi connectivity index (χ2n) is 4.33. The number of carbonyl (C=O) groups excluding carboxylic acids is 1. The summed E-state index contributed by atoms with van der Waals surface area (Å²) in [6.45, 7) is 5.54. The summed E-state index contributed by atoms with van der Waals surface area (Å²) in [6, 6.07) is 7.11. The highest BCUT2D eigenvalue weighted by Crippen LogP contribution is 2.13. The van der Waals surface area contributed by atoms with Crippen LogP contribution >= 0.6 is 11.6 Å². The number of alkyl halides is 1. The Morgan fingerprint density at radius 2 is 1.80 bits per heavy atom. The first-order chi connectivity index (χ1) is 6.92. The number of carbonyl (C=O) groups is 1. The lowest BCUT2D eigenvalue weighted by Gasteiger charge is -2.19. The molecule has 15 heavy (non-hydrogen) atoms. The molecule has 0 heterocycles. The highest BCUT2D eigenvalue weighted by atomic mass is 35.5. The van der Waals surface area contributed by atoms with E-state index in [0.29, 0.717) is 11.4 Å². The van der Waals surface area contributed by atoms with Crippen molar-refractivity contribution in [1.29, 1.82) is 0 Å². The third-order valence-electron chi connectivity index (χ3n) is 1.74. The van der Waals surface area contributed by atoms with E-state index >= 15 is 0 Å². The van der Waals surface area contributed by atoms with Gasteiger partial charge < -0.3 is 4.74 Å². The van der Waals surface area contributed by atoms with Gasteiger partial charge in [0, 0.05) is 5.88 Å². The van der Waals surface area contributed by atoms with Crippen LogP contribution in [0.5, 0.6) is 0 Å². The van der Waals surface area contributed by atoms with Gasteiger partial charge in [0.05, 0.1) is 5.56 Å². The summed E-state index contributed by atoms with van der Waals surface area (Å²) in [5.41, 5.74) is 1.09. The van der Waals surface area contributed by atoms with Gasteiger partial charge in [0.2, 0.25) is 0 Å². The first-order valence-corrected chi connectivity index (χ1v) is 5.34. The van der Waals surface area contributed by atoms with Gasteiger partial charge in [-0.25, -0.2) is 4.79 Å². The molecule has 0 aromatic heterocycles. The predicted octanol–water partition coefficient (Wildman–Crippen LogP) is 3.38. The Hall–Kier alpha value is -1.02. The maximum atomic E-state index is 11.6. The van der Waals surface area contributed by atoms with Crippen LogP contribution in [0.3, 0.4) is 0 Å². The molecule has 0 unspecified atom stereocenters. The third kappa shape index (κ3) is 3.92. The van der Waals surface area contributed by atoms with Crippen LogP contribution in [0, 0.1) is 0 Å². The minimum Gasteiger partial charge on any atom is -0.456 e. The van der Waals surface area contributed by atoms with Crippen LogP contribution < -0.4 is 0 Å². The molecule has 0 aliphatic carbocycles. The monoisotopic (exact) mass is 226 g/mol. The fourth-order valence-corrected chi connectivity index (χ4v) is 1.25. The van der Waals surface area contributed by atoms with Crippen LogP contribution in [0.1, 0.15) is 36.7 Å². The molecule has 0 saturated carbocycles. The zero-order valence-corrected chi connectivity index (χ0v) is 9.97. The van der Waals surface area contributed by atoms with E-state index in [1.807, 2.05) is 32.9 Å². The van der Waals surface area contributed by atoms with Gasteiger partial charge in [0.25, 0.3) is 0 Å². The quantitative estimate of drug-likeness (QED) is 0.571. The summed E-state index contributed by atoms with van der Waals surface area (Å²) in [6.07, 6.45) is 0. The van der Waals surface area contributed by atoms with E-state index in [1.54, 1.807) is 12.1 Å². The van der Waals surface area contributed by atoms with Crippen molar-refractivity contribution in [3.63, 3.8) is 0 Å². The summed E-state index contributed by atoms with van der Waals surface area (Å²) in [5.74, 6) is 0.151. The van der Waals surface area contributed by atoms with E-state index in [0.717, 1.165) is 5.56 Å². The zero-order chi connectivity index (χ0) is 11.5. The molecule has 0 fully saturated rings. The van der Waals surface area contributed by atoms with Crippen molar-refractivity contribution in [3.8, 4) is 0 Å². The predicted molar refractivity (Wildman–Crippen MR) is 61.2 cm³/mol. The second kappa shape index (κ2) is 4.67. The van der Waals surface area contributed by atoms with Crippen LogP contribution in [0.2, 0.25) is 0 Å². The van der Waals surface area contributed by atoms with E-state index in [1.165, 1.54) is 0 Å². The number of benzene rings is 1. The van der Waals surface area contributed by atoms with Crippen LogP contribution in [-0.4, -0.2) is 11.6 Å². The maximum absolute atomic E-state index is 11.6. The number of rotatable bonds is 2. The molecule has 1 rings (SSSR count). The number of hydrogen-bond donors (Lipinski definition) is 0. The molecule has 2 nitrogen and oxygen atoms in total. The van der Waals surface area contributed by atoms with Crippen LogP contribution in [0.15, 0.2) is 24.3 Å². The molecular weight excluding hydrogens is 212 g/mol. The SMILES string of the molecule is CC(C)(C)OC(=O)c1ccc(CCl)cc1. The fourth-order valence-electron chi connectivity index (χ4n) is 1.07. The van der Waals surface area contributed by atoms with Crippen molar-refractivity contribution in [3.05, 3.63) is 35.4 Å². The van der Waals surface area contributed by atoms with E-state index in [-0.39, 0.29) is 5.97 Å². The van der Waals surface area contributed by atoms with Crippen molar-refractivity contribution in [1.82, 2.24) is 0 Å². The molecule has 3 heteroatoms. The van der Waals surface area contributed by atoms with Crippen LogP contribution in [0.4, 0.5) is 0 Å². The summed E-state index contributed by atoms with van der Waals surface area (Å²) in [4.78, 5) is 11.6. The average molecular weight is 227 g/mol. The van der Waals surface area contributed by atoms with E-state index < -0.39 is 5.60 Å². The Morgan fingerprint density at radius 3 is 2.20 bits per heavy atom. The zero-order valence-electron chi connectivity index (χ0n) is 9.21. The fraction of sp³-hybridized carbons (Fsp3) is 0.417. The molecule has 1 aromatic carbocycles. The van der Waals surface area contributed by atoms with Crippen molar-refractivity contribution in [2.24, 2.45) is 0 Å². The second-order valence-corrected chi connectivity index (χ2v) is 4.60. The van der Waals surface area contributed by atoms with Gasteiger partial charge in [-0.1, -0.05) is 12.1 Å². The smallest absolute Gasteiger partial charge is 0.338 e. The molecule has 0 radical (unpaired) electrons. The standard InChI is InChI=1S/C12H15ClO2/c1-12(2,3)15-11(14)10-6-4-9(8-13)5-7-10/h4-7H,8H2,1-3H3. The van der Waals surface area contributed by atoms with Crippen LogP contribution in [0.25, 0.3) is 0 Å². The van der Waals surface area contributed by atoms with Gasteiger partial charge in [-0.05, 0) is 38.5 Å². The van der Waals surface area contributed by atoms with Crippen molar-refractivity contribution < 1.29 is 9.53 Å². The molecule has 0 aliphatic rings. The molecule has 0 amide bonds. The van der Waals surface area contributed by atoms with E-state index in [4.69, 9.17) is 16.3 Å². The topological polar surface area (TPSA) is 26.3 Å². The lowest BCUT2D eigenvalue weighted by molar-refractivity contribution is 0.00696. The first kappa shape index (κ1) is 12.1.